The minimum atomic E-state index is -0.872. The van der Waals surface area contributed by atoms with E-state index in [0.29, 0.717) is 10.9 Å². The second-order valence-corrected chi connectivity index (χ2v) is 3.12. The number of nitrogens with zero attached hydrogens (tertiary/aromatic N) is 1. The van der Waals surface area contributed by atoms with Crippen molar-refractivity contribution in [2.45, 2.75) is 12.8 Å². The van der Waals surface area contributed by atoms with E-state index >= 15 is 0 Å². The van der Waals surface area contributed by atoms with Crippen LogP contribution in [0.3, 0.4) is 0 Å². The third-order valence-corrected chi connectivity index (χ3v) is 2.31. The quantitative estimate of drug-likeness (QED) is 0.775. The van der Waals surface area contributed by atoms with E-state index in [1.54, 1.807) is 12.3 Å². The van der Waals surface area contributed by atoms with E-state index in [1.807, 2.05) is 0 Å². The van der Waals surface area contributed by atoms with Crippen LogP contribution in [0, 0.1) is 0 Å². The first kappa shape index (κ1) is 8.99. The number of aliphatic carboxylic acids is 1. The normalized spacial score (nSPS) is 12.5. The first-order valence-electron chi connectivity index (χ1n) is 3.37. The van der Waals surface area contributed by atoms with Gasteiger partial charge in [-0.05, 0) is 6.92 Å². The molecular formula is C7H9NO3S. The molecule has 1 heterocycles. The van der Waals surface area contributed by atoms with Crippen LogP contribution < -0.4 is 4.74 Å². The van der Waals surface area contributed by atoms with Crippen molar-refractivity contribution >= 4 is 17.3 Å². The number of carboxylic acid groups (broad SMARTS) is 1. The lowest BCUT2D eigenvalue weighted by Gasteiger charge is -1.99. The third kappa shape index (κ3) is 1.73. The Bertz CT molecular complexity index is 284. The number of aromatic nitrogens is 1. The predicted octanol–water partition coefficient (Wildman–Crippen LogP) is 1.34. The number of ether oxygens (including phenoxy) is 1. The lowest BCUT2D eigenvalue weighted by molar-refractivity contribution is -0.138. The Hall–Kier alpha value is -1.10. The number of rotatable bonds is 3. The fourth-order valence-electron chi connectivity index (χ4n) is 0.688. The van der Waals surface area contributed by atoms with Crippen LogP contribution in [0.2, 0.25) is 0 Å². The Morgan fingerprint density at radius 2 is 2.50 bits per heavy atom. The summed E-state index contributed by atoms with van der Waals surface area (Å²) in [5, 5.41) is 10.8. The molecule has 0 amide bonds. The second-order valence-electron chi connectivity index (χ2n) is 2.30. The summed E-state index contributed by atoms with van der Waals surface area (Å²) < 4.78 is 4.84. The van der Waals surface area contributed by atoms with E-state index < -0.39 is 11.9 Å². The molecule has 0 saturated heterocycles. The van der Waals surface area contributed by atoms with Gasteiger partial charge in [0.05, 0.1) is 18.7 Å². The fourth-order valence-corrected chi connectivity index (χ4v) is 1.42. The maximum Gasteiger partial charge on any atom is 0.312 e. The maximum absolute atomic E-state index is 10.5. The molecule has 0 aliphatic carbocycles. The standard InChI is InChI=1S/C7H9NO3S/c1-4(6(9)10)5-3-12-7(8-5)11-2/h3-4H,1-2H3,(H,9,10). The lowest BCUT2D eigenvalue weighted by Crippen LogP contribution is -2.07. The maximum atomic E-state index is 10.5. The summed E-state index contributed by atoms with van der Waals surface area (Å²) in [6, 6.07) is 0. The topological polar surface area (TPSA) is 59.4 Å². The molecule has 12 heavy (non-hydrogen) atoms. The molecule has 0 saturated carbocycles. The first-order chi connectivity index (χ1) is 5.65. The summed E-state index contributed by atoms with van der Waals surface area (Å²) in [5.74, 6) is -1.44. The predicted molar refractivity (Wildman–Crippen MR) is 44.7 cm³/mol. The fraction of sp³-hybridized carbons (Fsp3) is 0.429. The molecule has 0 aliphatic heterocycles. The van der Waals surface area contributed by atoms with Crippen molar-refractivity contribution in [1.29, 1.82) is 0 Å². The minimum Gasteiger partial charge on any atom is -0.481 e. The molecule has 66 valence electrons. The zero-order valence-electron chi connectivity index (χ0n) is 6.77. The summed E-state index contributed by atoms with van der Waals surface area (Å²) in [4.78, 5) is 14.5. The van der Waals surface area contributed by atoms with Gasteiger partial charge in [-0.25, -0.2) is 4.98 Å². The van der Waals surface area contributed by atoms with E-state index in [1.165, 1.54) is 18.4 Å². The van der Waals surface area contributed by atoms with Gasteiger partial charge in [-0.2, -0.15) is 0 Å². The molecule has 1 aromatic heterocycles. The average molecular weight is 187 g/mol. The van der Waals surface area contributed by atoms with Gasteiger partial charge in [-0.15, -0.1) is 0 Å². The first-order valence-corrected chi connectivity index (χ1v) is 4.25. The van der Waals surface area contributed by atoms with Crippen LogP contribution in [0.25, 0.3) is 0 Å². The van der Waals surface area contributed by atoms with Crippen molar-refractivity contribution in [3.63, 3.8) is 0 Å². The minimum absolute atomic E-state index is 0.498. The molecule has 0 bridgehead atoms. The zero-order valence-corrected chi connectivity index (χ0v) is 7.59. The molecule has 0 radical (unpaired) electrons. The Morgan fingerprint density at radius 1 is 1.83 bits per heavy atom. The number of hydrogen-bond donors (Lipinski definition) is 1. The molecular weight excluding hydrogens is 178 g/mol. The molecule has 0 aromatic carbocycles. The van der Waals surface area contributed by atoms with Gasteiger partial charge in [-0.1, -0.05) is 11.3 Å². The molecule has 1 unspecified atom stereocenters. The van der Waals surface area contributed by atoms with Crippen LogP contribution in [-0.4, -0.2) is 23.2 Å². The summed E-state index contributed by atoms with van der Waals surface area (Å²) in [6.07, 6.45) is 0. The highest BCUT2D eigenvalue weighted by Crippen LogP contribution is 2.23. The van der Waals surface area contributed by atoms with Crippen molar-refractivity contribution in [3.8, 4) is 5.19 Å². The van der Waals surface area contributed by atoms with Crippen molar-refractivity contribution in [2.75, 3.05) is 7.11 Å². The van der Waals surface area contributed by atoms with Gasteiger partial charge in [0.15, 0.2) is 0 Å². The van der Waals surface area contributed by atoms with E-state index in [9.17, 15) is 4.79 Å². The number of hydrogen-bond acceptors (Lipinski definition) is 4. The van der Waals surface area contributed by atoms with Gasteiger partial charge in [0.25, 0.3) is 5.19 Å². The molecule has 5 heteroatoms. The van der Waals surface area contributed by atoms with Gasteiger partial charge < -0.3 is 9.84 Å². The SMILES string of the molecule is COc1nc(C(C)C(=O)O)cs1. The summed E-state index contributed by atoms with van der Waals surface area (Å²) >= 11 is 1.30. The molecule has 0 spiro atoms. The zero-order chi connectivity index (χ0) is 9.14. The molecule has 0 fully saturated rings. The van der Waals surface area contributed by atoms with E-state index in [0.717, 1.165) is 0 Å². The van der Waals surface area contributed by atoms with E-state index in [-0.39, 0.29) is 0 Å². The largest absolute Gasteiger partial charge is 0.481 e. The number of carboxylic acids is 1. The van der Waals surface area contributed by atoms with Crippen LogP contribution in [0.4, 0.5) is 0 Å². The van der Waals surface area contributed by atoms with Crippen molar-refractivity contribution in [1.82, 2.24) is 4.98 Å². The molecule has 0 aliphatic rings. The monoisotopic (exact) mass is 187 g/mol. The highest BCUT2D eigenvalue weighted by atomic mass is 32.1. The molecule has 1 N–H and O–H groups in total. The van der Waals surface area contributed by atoms with E-state index in [2.05, 4.69) is 4.98 Å². The molecule has 1 rings (SSSR count). The Kier molecular flexibility index (Phi) is 2.65. The summed E-state index contributed by atoms with van der Waals surface area (Å²) in [5.41, 5.74) is 0.546. The second kappa shape index (κ2) is 3.53. The lowest BCUT2D eigenvalue weighted by atomic mass is 10.1. The molecule has 1 aromatic rings. The Labute approximate surface area is 73.8 Å². The summed E-state index contributed by atoms with van der Waals surface area (Å²) in [7, 11) is 1.51. The number of methoxy groups -OCH3 is 1. The van der Waals surface area contributed by atoms with Gasteiger partial charge in [0, 0.05) is 5.38 Å². The smallest absolute Gasteiger partial charge is 0.312 e. The van der Waals surface area contributed by atoms with Gasteiger partial charge in [-0.3, -0.25) is 4.79 Å². The Balaban J connectivity index is 2.81. The van der Waals surface area contributed by atoms with Crippen LogP contribution in [0.1, 0.15) is 18.5 Å². The van der Waals surface area contributed by atoms with Crippen molar-refractivity contribution in [3.05, 3.63) is 11.1 Å². The van der Waals surface area contributed by atoms with Gasteiger partial charge in [0.1, 0.15) is 0 Å². The van der Waals surface area contributed by atoms with Gasteiger partial charge >= 0.3 is 5.97 Å². The highest BCUT2D eigenvalue weighted by Gasteiger charge is 2.16. The van der Waals surface area contributed by atoms with Crippen LogP contribution in [-0.2, 0) is 4.79 Å². The number of carbonyl (C=O) groups is 1. The molecule has 1 atom stereocenters. The van der Waals surface area contributed by atoms with E-state index in [4.69, 9.17) is 9.84 Å². The summed E-state index contributed by atoms with van der Waals surface area (Å²) in [6.45, 7) is 1.59. The highest BCUT2D eigenvalue weighted by molar-refractivity contribution is 7.11. The van der Waals surface area contributed by atoms with Crippen molar-refractivity contribution < 1.29 is 14.6 Å². The van der Waals surface area contributed by atoms with Crippen molar-refractivity contribution in [2.24, 2.45) is 0 Å². The van der Waals surface area contributed by atoms with Crippen LogP contribution in [0.5, 0.6) is 5.19 Å². The van der Waals surface area contributed by atoms with Crippen LogP contribution in [0.15, 0.2) is 5.38 Å². The van der Waals surface area contributed by atoms with Crippen LogP contribution >= 0.6 is 11.3 Å². The Morgan fingerprint density at radius 3 is 2.92 bits per heavy atom. The van der Waals surface area contributed by atoms with Gasteiger partial charge in [0.2, 0.25) is 0 Å². The number of thiazole rings is 1. The molecule has 4 nitrogen and oxygen atoms in total. The average Bonchev–Trinajstić information content (AvgIpc) is 2.50. The third-order valence-electron chi connectivity index (χ3n) is 1.49.